The summed E-state index contributed by atoms with van der Waals surface area (Å²) < 4.78 is 20.8. The second-order valence-corrected chi connectivity index (χ2v) is 4.01. The van der Waals surface area contributed by atoms with Gasteiger partial charge >= 0.3 is 0 Å². The first-order valence-electron chi connectivity index (χ1n) is 5.69. The molecule has 6 nitrogen and oxygen atoms in total. The van der Waals surface area contributed by atoms with E-state index in [9.17, 15) is 14.5 Å². The molecule has 0 N–H and O–H groups in total. The van der Waals surface area contributed by atoms with E-state index in [4.69, 9.17) is 4.74 Å². The smallest absolute Gasteiger partial charge is 0.272 e. The zero-order valence-corrected chi connectivity index (χ0v) is 10.1. The van der Waals surface area contributed by atoms with Crippen molar-refractivity contribution >= 4 is 11.2 Å². The van der Waals surface area contributed by atoms with E-state index in [1.165, 1.54) is 18.3 Å². The van der Waals surface area contributed by atoms with E-state index in [0.29, 0.717) is 11.3 Å². The van der Waals surface area contributed by atoms with E-state index in [2.05, 4.69) is 5.10 Å². The topological polar surface area (TPSA) is 69.7 Å². The highest BCUT2D eigenvalue weighted by atomic mass is 19.1. The maximum Gasteiger partial charge on any atom is 0.272 e. The van der Waals surface area contributed by atoms with Crippen LogP contribution in [0.15, 0.2) is 48.8 Å². The molecule has 1 aromatic carbocycles. The number of hydrogen-bond acceptors (Lipinski definition) is 4. The van der Waals surface area contributed by atoms with Crippen LogP contribution >= 0.6 is 0 Å². The first-order chi connectivity index (χ1) is 9.65. The van der Waals surface area contributed by atoms with Crippen molar-refractivity contribution in [2.24, 2.45) is 0 Å². The second-order valence-electron chi connectivity index (χ2n) is 4.01. The standard InChI is InChI=1S/C13H8FN3O3/c14-10-8-9(17(18)19)3-4-12(10)20-13-5-6-15-16-7-1-2-11(13)16/h1-8H. The van der Waals surface area contributed by atoms with Crippen LogP contribution in [0.2, 0.25) is 0 Å². The number of ether oxygens (including phenoxy) is 1. The van der Waals surface area contributed by atoms with Gasteiger partial charge in [0.25, 0.3) is 5.69 Å². The van der Waals surface area contributed by atoms with Crippen molar-refractivity contribution in [1.29, 1.82) is 0 Å². The molecule has 0 aliphatic rings. The van der Waals surface area contributed by atoms with Crippen LogP contribution in [-0.2, 0) is 0 Å². The molecule has 3 rings (SSSR count). The van der Waals surface area contributed by atoms with Gasteiger partial charge in [0.2, 0.25) is 0 Å². The number of benzene rings is 1. The van der Waals surface area contributed by atoms with Crippen LogP contribution in [0, 0.1) is 15.9 Å². The number of aromatic nitrogens is 2. The predicted octanol–water partition coefficient (Wildman–Crippen LogP) is 3.17. The lowest BCUT2D eigenvalue weighted by molar-refractivity contribution is -0.385. The van der Waals surface area contributed by atoms with Gasteiger partial charge in [0.15, 0.2) is 17.3 Å². The first-order valence-corrected chi connectivity index (χ1v) is 5.69. The minimum absolute atomic E-state index is 0.0788. The van der Waals surface area contributed by atoms with E-state index in [0.717, 1.165) is 6.07 Å². The van der Waals surface area contributed by atoms with Gasteiger partial charge in [-0.05, 0) is 18.2 Å². The van der Waals surface area contributed by atoms with Crippen LogP contribution in [0.25, 0.3) is 5.52 Å². The third-order valence-corrected chi connectivity index (χ3v) is 2.74. The fourth-order valence-electron chi connectivity index (χ4n) is 1.82. The predicted molar refractivity (Wildman–Crippen MR) is 68.3 cm³/mol. The molecule has 0 amide bonds. The van der Waals surface area contributed by atoms with Crippen molar-refractivity contribution in [3.63, 3.8) is 0 Å². The summed E-state index contributed by atoms with van der Waals surface area (Å²) >= 11 is 0. The summed E-state index contributed by atoms with van der Waals surface area (Å²) in [4.78, 5) is 9.89. The monoisotopic (exact) mass is 273 g/mol. The second kappa shape index (κ2) is 4.61. The van der Waals surface area contributed by atoms with Crippen molar-refractivity contribution in [2.75, 3.05) is 0 Å². The van der Waals surface area contributed by atoms with Crippen molar-refractivity contribution in [1.82, 2.24) is 9.61 Å². The van der Waals surface area contributed by atoms with E-state index in [-0.39, 0.29) is 11.4 Å². The SMILES string of the molecule is O=[N+]([O-])c1ccc(Oc2ccnn3cccc23)c(F)c1. The molecule has 100 valence electrons. The zero-order valence-electron chi connectivity index (χ0n) is 10.1. The van der Waals surface area contributed by atoms with Gasteiger partial charge in [0.1, 0.15) is 5.52 Å². The number of nitro benzene ring substituents is 1. The maximum absolute atomic E-state index is 13.8. The van der Waals surface area contributed by atoms with Crippen LogP contribution in [0.5, 0.6) is 11.5 Å². The molecular weight excluding hydrogens is 265 g/mol. The summed E-state index contributed by atoms with van der Waals surface area (Å²) in [5.41, 5.74) is 0.350. The lowest BCUT2D eigenvalue weighted by Gasteiger charge is -2.07. The van der Waals surface area contributed by atoms with Crippen LogP contribution in [-0.4, -0.2) is 14.5 Å². The Morgan fingerprint density at radius 3 is 2.85 bits per heavy atom. The molecule has 0 fully saturated rings. The van der Waals surface area contributed by atoms with Crippen molar-refractivity contribution < 1.29 is 14.1 Å². The van der Waals surface area contributed by atoms with Gasteiger partial charge in [-0.15, -0.1) is 0 Å². The number of hydrogen-bond donors (Lipinski definition) is 0. The van der Waals surface area contributed by atoms with Gasteiger partial charge in [-0.2, -0.15) is 5.10 Å². The minimum atomic E-state index is -0.791. The van der Waals surface area contributed by atoms with E-state index in [1.807, 2.05) is 0 Å². The minimum Gasteiger partial charge on any atom is -0.452 e. The fraction of sp³-hybridized carbons (Fsp3) is 0. The molecule has 0 aliphatic heterocycles. The molecule has 0 spiro atoms. The molecule has 0 unspecified atom stereocenters. The Morgan fingerprint density at radius 1 is 1.25 bits per heavy atom. The fourth-order valence-corrected chi connectivity index (χ4v) is 1.82. The van der Waals surface area contributed by atoms with Crippen LogP contribution in [0.4, 0.5) is 10.1 Å². The molecule has 2 heterocycles. The molecule has 0 bridgehead atoms. The Hall–Kier alpha value is -2.96. The Balaban J connectivity index is 1.99. The Kier molecular flexibility index (Phi) is 2.79. The Labute approximate surface area is 112 Å². The van der Waals surface area contributed by atoms with Crippen molar-refractivity contribution in [3.05, 3.63) is 64.7 Å². The van der Waals surface area contributed by atoms with E-state index >= 15 is 0 Å². The van der Waals surface area contributed by atoms with E-state index < -0.39 is 10.7 Å². The molecule has 0 saturated carbocycles. The molecule has 2 aromatic heterocycles. The zero-order chi connectivity index (χ0) is 14.1. The number of non-ortho nitro benzene ring substituents is 1. The van der Waals surface area contributed by atoms with Crippen LogP contribution < -0.4 is 4.74 Å². The quantitative estimate of drug-likeness (QED) is 0.543. The van der Waals surface area contributed by atoms with Crippen LogP contribution in [0.3, 0.4) is 0 Å². The number of nitrogens with zero attached hydrogens (tertiary/aromatic N) is 3. The number of rotatable bonds is 3. The normalized spacial score (nSPS) is 10.7. The summed E-state index contributed by atoms with van der Waals surface area (Å²) in [5, 5.41) is 14.6. The molecule has 7 heteroatoms. The van der Waals surface area contributed by atoms with Gasteiger partial charge in [0.05, 0.1) is 17.2 Å². The van der Waals surface area contributed by atoms with Gasteiger partial charge in [-0.3, -0.25) is 10.1 Å². The number of halogens is 1. The highest BCUT2D eigenvalue weighted by molar-refractivity contribution is 5.60. The largest absolute Gasteiger partial charge is 0.452 e. The maximum atomic E-state index is 13.8. The molecule has 20 heavy (non-hydrogen) atoms. The number of nitro groups is 1. The highest BCUT2D eigenvalue weighted by Crippen LogP contribution is 2.29. The highest BCUT2D eigenvalue weighted by Gasteiger charge is 2.13. The third kappa shape index (κ3) is 2.05. The molecule has 0 radical (unpaired) electrons. The van der Waals surface area contributed by atoms with Crippen molar-refractivity contribution in [2.45, 2.75) is 0 Å². The summed E-state index contributed by atoms with van der Waals surface area (Å²) in [6.45, 7) is 0. The lowest BCUT2D eigenvalue weighted by Crippen LogP contribution is -1.95. The molecule has 3 aromatic rings. The van der Waals surface area contributed by atoms with Crippen LogP contribution in [0.1, 0.15) is 0 Å². The number of fused-ring (bicyclic) bond motifs is 1. The Morgan fingerprint density at radius 2 is 2.10 bits per heavy atom. The molecule has 0 saturated heterocycles. The lowest BCUT2D eigenvalue weighted by atomic mass is 10.3. The third-order valence-electron chi connectivity index (χ3n) is 2.74. The van der Waals surface area contributed by atoms with Gasteiger partial charge in [-0.25, -0.2) is 8.91 Å². The summed E-state index contributed by atoms with van der Waals surface area (Å²) in [5.74, 6) is -0.455. The summed E-state index contributed by atoms with van der Waals surface area (Å²) in [6, 6.07) is 8.39. The summed E-state index contributed by atoms with van der Waals surface area (Å²) in [6.07, 6.45) is 3.25. The van der Waals surface area contributed by atoms with Crippen molar-refractivity contribution in [3.8, 4) is 11.5 Å². The molecular formula is C13H8FN3O3. The summed E-state index contributed by atoms with van der Waals surface area (Å²) in [7, 11) is 0. The molecule has 0 aliphatic carbocycles. The van der Waals surface area contributed by atoms with E-state index in [1.54, 1.807) is 28.9 Å². The van der Waals surface area contributed by atoms with Gasteiger partial charge in [0, 0.05) is 18.3 Å². The average molecular weight is 273 g/mol. The van der Waals surface area contributed by atoms with Gasteiger partial charge < -0.3 is 4.74 Å². The van der Waals surface area contributed by atoms with Gasteiger partial charge in [-0.1, -0.05) is 0 Å². The average Bonchev–Trinajstić information content (AvgIpc) is 2.90. The molecule has 0 atom stereocenters. The first kappa shape index (κ1) is 12.1. The Bertz CT molecular complexity index is 800.